The van der Waals surface area contributed by atoms with E-state index in [1.807, 2.05) is 53.2 Å². The molecule has 284 valence electrons. The average Bonchev–Trinajstić information content (AvgIpc) is 3.88. The number of aliphatic hydroxyl groups is 2. The van der Waals surface area contributed by atoms with Crippen molar-refractivity contribution in [1.82, 2.24) is 0 Å². The normalized spacial score (nSPS) is 36.0. The van der Waals surface area contributed by atoms with Crippen molar-refractivity contribution >= 4 is 34.6 Å². The van der Waals surface area contributed by atoms with Gasteiger partial charge in [-0.1, -0.05) is 42.5 Å². The SMILES string of the molecule is CC[N+]1(C)[C@@H]2CC(OC(=O)[C@H](CO)c3ccccc3)C[C@H]1[C@@H]1O[C@@H]12.C[N+]1(C)[C@@H]2CC(OC(=O)C(O)(c3cccs3)c3cccs3)C[C@H]1[C@@H]1O[C@@H]12.[Br-].[Br-]. The molecule has 8 heterocycles. The van der Waals surface area contributed by atoms with Crippen molar-refractivity contribution < 1.29 is 81.7 Å². The van der Waals surface area contributed by atoms with Crippen molar-refractivity contribution in [2.75, 3.05) is 34.3 Å². The highest BCUT2D eigenvalue weighted by atomic mass is 79.9. The Bertz CT molecular complexity index is 1620. The molecule has 0 saturated carbocycles. The van der Waals surface area contributed by atoms with Crippen molar-refractivity contribution in [3.8, 4) is 0 Å². The van der Waals surface area contributed by atoms with Gasteiger partial charge in [0.05, 0.1) is 44.0 Å². The zero-order chi connectivity index (χ0) is 35.0. The third kappa shape index (κ3) is 6.66. The van der Waals surface area contributed by atoms with Crippen molar-refractivity contribution in [2.45, 2.75) is 105 Å². The molecular formula is C38H48Br2N2O8S2. The fourth-order valence-electron chi connectivity index (χ4n) is 9.70. The van der Waals surface area contributed by atoms with E-state index >= 15 is 0 Å². The van der Waals surface area contributed by atoms with Gasteiger partial charge in [-0.3, -0.25) is 4.79 Å². The van der Waals surface area contributed by atoms with Gasteiger partial charge in [-0.15, -0.1) is 22.7 Å². The Labute approximate surface area is 334 Å². The van der Waals surface area contributed by atoms with Gasteiger partial charge in [-0.05, 0) is 35.4 Å². The second kappa shape index (κ2) is 15.1. The summed E-state index contributed by atoms with van der Waals surface area (Å²) in [5, 5.41) is 24.7. The Morgan fingerprint density at radius 1 is 0.788 bits per heavy atom. The maximum absolute atomic E-state index is 13.1. The molecule has 1 aromatic carbocycles. The van der Waals surface area contributed by atoms with Crippen LogP contribution in [0, 0.1) is 0 Å². The Morgan fingerprint density at radius 2 is 1.27 bits per heavy atom. The van der Waals surface area contributed by atoms with Crippen LogP contribution in [0.5, 0.6) is 0 Å². The van der Waals surface area contributed by atoms with Crippen LogP contribution in [0.4, 0.5) is 0 Å². The van der Waals surface area contributed by atoms with Crippen LogP contribution in [-0.4, -0.2) is 126 Å². The summed E-state index contributed by atoms with van der Waals surface area (Å²) in [4.78, 5) is 26.9. The summed E-state index contributed by atoms with van der Waals surface area (Å²) in [7, 11) is 6.80. The largest absolute Gasteiger partial charge is 1.00 e. The molecule has 0 radical (unpaired) electrons. The monoisotopic (exact) mass is 882 g/mol. The maximum atomic E-state index is 13.1. The number of benzene rings is 1. The summed E-state index contributed by atoms with van der Waals surface area (Å²) in [6.07, 6.45) is 4.42. The molecule has 9 rings (SSSR count). The van der Waals surface area contributed by atoms with E-state index in [9.17, 15) is 19.8 Å². The minimum absolute atomic E-state index is 0. The third-order valence-electron chi connectivity index (χ3n) is 12.8. The van der Waals surface area contributed by atoms with Crippen LogP contribution in [0.3, 0.4) is 0 Å². The molecule has 14 heteroatoms. The maximum Gasteiger partial charge on any atom is 0.349 e. The molecule has 3 aromatic rings. The molecule has 4 bridgehead atoms. The molecule has 0 aliphatic carbocycles. The highest BCUT2D eigenvalue weighted by Crippen LogP contribution is 2.53. The van der Waals surface area contributed by atoms with Gasteiger partial charge < -0.3 is 72.1 Å². The first-order valence-corrected chi connectivity index (χ1v) is 19.6. The van der Waals surface area contributed by atoms with Gasteiger partial charge in [0, 0.05) is 25.7 Å². The van der Waals surface area contributed by atoms with Crippen LogP contribution in [0.1, 0.15) is 53.8 Å². The lowest BCUT2D eigenvalue weighted by molar-refractivity contribution is -0.954. The quantitative estimate of drug-likeness (QED) is 0.142. The fourth-order valence-corrected chi connectivity index (χ4v) is 11.4. The number of piperidine rings is 2. The van der Waals surface area contributed by atoms with Gasteiger partial charge in [0.1, 0.15) is 66.7 Å². The van der Waals surface area contributed by atoms with E-state index < -0.39 is 17.5 Å². The standard InChI is InChI=1S/C19H22NO4S2.C19H26NO4.2BrH/c1-20(2)12-9-11(10-13(20)17-16(12)24-17)23-18(21)19(22,14-5-3-7-25-14)15-6-4-8-26-15;1-3-20(2)15-9-13(10-16(20)18-17(15)24-18)23-19(22)14(11-21)12-7-5-4-6-8-12;;/h3-8,11-13,16-17,22H,9-10H2,1-2H3;4-8,13-18,21H,3,9-11H2,1-2H3;2*1H/q2*+1;;/p-2/t11?,12-,13+,16-,17+;13?,14-,15-,16+,17-,18+,20?;;/m.1../s1. The molecule has 2 N–H and O–H groups in total. The topological polar surface area (TPSA) is 118 Å². The Morgan fingerprint density at radius 3 is 1.73 bits per heavy atom. The zero-order valence-electron chi connectivity index (χ0n) is 29.8. The third-order valence-corrected chi connectivity index (χ3v) is 14.8. The fraction of sp³-hybridized carbons (Fsp3) is 0.579. The lowest BCUT2D eigenvalue weighted by Gasteiger charge is -2.47. The van der Waals surface area contributed by atoms with E-state index in [0.29, 0.717) is 58.3 Å². The molecule has 2 aromatic heterocycles. The number of rotatable bonds is 9. The van der Waals surface area contributed by atoms with Crippen LogP contribution < -0.4 is 34.0 Å². The van der Waals surface area contributed by atoms with E-state index in [-0.39, 0.29) is 58.7 Å². The molecular weight excluding hydrogens is 836 g/mol. The number of hydrogen-bond acceptors (Lipinski definition) is 10. The summed E-state index contributed by atoms with van der Waals surface area (Å²) in [6, 6.07) is 18.2. The number of nitrogens with zero attached hydrogens (tertiary/aromatic N) is 2. The molecule has 10 nitrogen and oxygen atoms in total. The highest BCUT2D eigenvalue weighted by Gasteiger charge is 2.72. The number of morpholine rings is 2. The van der Waals surface area contributed by atoms with Crippen LogP contribution >= 0.6 is 22.7 Å². The molecule has 3 unspecified atom stereocenters. The van der Waals surface area contributed by atoms with Gasteiger partial charge in [0.2, 0.25) is 5.60 Å². The van der Waals surface area contributed by atoms with E-state index in [4.69, 9.17) is 18.9 Å². The van der Waals surface area contributed by atoms with E-state index in [1.54, 1.807) is 12.1 Å². The summed E-state index contributed by atoms with van der Waals surface area (Å²) in [5.74, 6) is -1.47. The number of likely N-dealkylation sites (N-methyl/N-ethyl adjacent to an activating group) is 2. The zero-order valence-corrected chi connectivity index (χ0v) is 34.6. The van der Waals surface area contributed by atoms with Gasteiger partial charge in [0.15, 0.2) is 0 Å². The Kier molecular flexibility index (Phi) is 11.6. The van der Waals surface area contributed by atoms with Gasteiger partial charge >= 0.3 is 11.9 Å². The van der Waals surface area contributed by atoms with E-state index in [0.717, 1.165) is 46.8 Å². The van der Waals surface area contributed by atoms with Gasteiger partial charge in [-0.25, -0.2) is 4.79 Å². The number of fused-ring (bicyclic) bond motifs is 10. The lowest BCUT2D eigenvalue weighted by Crippen LogP contribution is -3.00. The van der Waals surface area contributed by atoms with Gasteiger partial charge in [-0.2, -0.15) is 0 Å². The number of carbonyl (C=O) groups is 2. The van der Waals surface area contributed by atoms with Crippen molar-refractivity contribution in [3.63, 3.8) is 0 Å². The minimum Gasteiger partial charge on any atom is -1.00 e. The molecule has 0 spiro atoms. The second-order valence-electron chi connectivity index (χ2n) is 15.5. The number of hydrogen-bond donors (Lipinski definition) is 2. The first-order chi connectivity index (χ1) is 24.0. The van der Waals surface area contributed by atoms with Crippen molar-refractivity contribution in [2.24, 2.45) is 0 Å². The molecule has 6 aliphatic rings. The predicted molar refractivity (Wildman–Crippen MR) is 187 cm³/mol. The summed E-state index contributed by atoms with van der Waals surface area (Å²) >= 11 is 2.74. The average molecular weight is 885 g/mol. The molecule has 6 fully saturated rings. The number of epoxide rings is 2. The van der Waals surface area contributed by atoms with Gasteiger partial charge in [0.25, 0.3) is 0 Å². The second-order valence-corrected chi connectivity index (χ2v) is 17.4. The predicted octanol–water partition coefficient (Wildman–Crippen LogP) is -2.19. The molecule has 52 heavy (non-hydrogen) atoms. The molecule has 12 atom stereocenters. The number of ether oxygens (including phenoxy) is 4. The molecule has 0 amide bonds. The Hall–Kier alpha value is -1.72. The highest BCUT2D eigenvalue weighted by molar-refractivity contribution is 7.12. The number of thiophene rings is 2. The number of aliphatic hydroxyl groups excluding tert-OH is 1. The Balaban J connectivity index is 0.000000172. The van der Waals surface area contributed by atoms with Crippen molar-refractivity contribution in [3.05, 3.63) is 80.7 Å². The molecule has 6 saturated heterocycles. The summed E-state index contributed by atoms with van der Waals surface area (Å²) < 4.78 is 25.3. The van der Waals surface area contributed by atoms with Crippen molar-refractivity contribution in [1.29, 1.82) is 0 Å². The number of carbonyl (C=O) groups excluding carboxylic acids is 2. The van der Waals surface area contributed by atoms with Crippen LogP contribution in [0.25, 0.3) is 0 Å². The minimum atomic E-state index is -1.72. The smallest absolute Gasteiger partial charge is 0.349 e. The van der Waals surface area contributed by atoms with Crippen LogP contribution in [0.2, 0.25) is 0 Å². The van der Waals surface area contributed by atoms with E-state index in [1.165, 1.54) is 22.7 Å². The number of esters is 2. The summed E-state index contributed by atoms with van der Waals surface area (Å²) in [6.45, 7) is 3.10. The number of halogens is 2. The van der Waals surface area contributed by atoms with Crippen LogP contribution in [0.15, 0.2) is 65.4 Å². The first kappa shape index (κ1) is 40.0. The molecule has 6 aliphatic heterocycles. The summed E-state index contributed by atoms with van der Waals surface area (Å²) in [5.41, 5.74) is -0.910. The first-order valence-electron chi connectivity index (χ1n) is 17.9. The number of quaternary nitrogens is 2. The lowest BCUT2D eigenvalue weighted by atomic mass is 9.95. The van der Waals surface area contributed by atoms with E-state index in [2.05, 4.69) is 28.1 Å². The van der Waals surface area contributed by atoms with Crippen LogP contribution in [-0.2, 0) is 34.1 Å².